The smallest absolute Gasteiger partial charge is 0.166 e. The van der Waals surface area contributed by atoms with Gasteiger partial charge in [0.2, 0.25) is 0 Å². The largest absolute Gasteiger partial charge is 0.351 e. The van der Waals surface area contributed by atoms with Gasteiger partial charge in [0, 0.05) is 25.2 Å². The van der Waals surface area contributed by atoms with E-state index >= 15 is 0 Å². The highest BCUT2D eigenvalue weighted by Crippen LogP contribution is 2.21. The van der Waals surface area contributed by atoms with E-state index in [4.69, 9.17) is 0 Å². The van der Waals surface area contributed by atoms with Crippen molar-refractivity contribution >= 4 is 17.3 Å². The zero-order chi connectivity index (χ0) is 11.1. The molecule has 0 aliphatic carbocycles. The van der Waals surface area contributed by atoms with Crippen LogP contribution in [0.1, 0.15) is 21.7 Å². The number of H-pyrrole nitrogens is 1. The second kappa shape index (κ2) is 3.42. The summed E-state index contributed by atoms with van der Waals surface area (Å²) in [5.41, 5.74) is 4.88. The summed E-state index contributed by atoms with van der Waals surface area (Å²) in [4.78, 5) is 20.6. The highest BCUT2D eigenvalue weighted by molar-refractivity contribution is 5.85. The summed E-state index contributed by atoms with van der Waals surface area (Å²) in [5, 5.41) is 0. The van der Waals surface area contributed by atoms with Gasteiger partial charge in [0.1, 0.15) is 0 Å². The van der Waals surface area contributed by atoms with E-state index in [1.807, 2.05) is 0 Å². The molecule has 3 rings (SSSR count). The average molecular weight is 215 g/mol. The minimum atomic E-state index is 0.596. The van der Waals surface area contributed by atoms with Crippen LogP contribution >= 0.6 is 0 Å². The number of hydrogen-bond acceptors (Lipinski definition) is 3. The molecule has 0 radical (unpaired) electrons. The fraction of sp³-hybridized carbons (Fsp3) is 0.333. The van der Waals surface area contributed by atoms with E-state index in [0.717, 1.165) is 36.8 Å². The molecule has 0 amide bonds. The van der Waals surface area contributed by atoms with Gasteiger partial charge in [0.05, 0.1) is 16.7 Å². The summed E-state index contributed by atoms with van der Waals surface area (Å²) in [6, 6.07) is 3.92. The lowest BCUT2D eigenvalue weighted by molar-refractivity contribution is 0.112. The molecule has 0 saturated carbocycles. The number of nitrogens with one attached hydrogen (secondary N) is 1. The van der Waals surface area contributed by atoms with E-state index in [-0.39, 0.29) is 0 Å². The lowest BCUT2D eigenvalue weighted by atomic mass is 10.1. The quantitative estimate of drug-likeness (QED) is 0.731. The van der Waals surface area contributed by atoms with Gasteiger partial charge in [0.25, 0.3) is 0 Å². The molecule has 1 aliphatic heterocycles. The van der Waals surface area contributed by atoms with E-state index in [9.17, 15) is 4.79 Å². The third-order valence-electron chi connectivity index (χ3n) is 3.09. The molecular weight excluding hydrogens is 202 g/mol. The van der Waals surface area contributed by atoms with Crippen molar-refractivity contribution in [2.45, 2.75) is 13.0 Å². The van der Waals surface area contributed by atoms with Crippen LogP contribution < -0.4 is 0 Å². The lowest BCUT2D eigenvalue weighted by Gasteiger charge is -2.23. The van der Waals surface area contributed by atoms with Crippen molar-refractivity contribution < 1.29 is 4.79 Å². The van der Waals surface area contributed by atoms with Crippen molar-refractivity contribution in [2.24, 2.45) is 0 Å². The van der Waals surface area contributed by atoms with Gasteiger partial charge in [-0.05, 0) is 24.7 Å². The monoisotopic (exact) mass is 215 g/mol. The number of pyridine rings is 1. The Hall–Kier alpha value is -1.68. The molecule has 4 heteroatoms. The van der Waals surface area contributed by atoms with Crippen LogP contribution in [0.25, 0.3) is 11.0 Å². The topological polar surface area (TPSA) is 49.0 Å². The normalized spacial score (nSPS) is 16.3. The number of fused-ring (bicyclic) bond motifs is 2. The van der Waals surface area contributed by atoms with Crippen molar-refractivity contribution in [3.8, 4) is 0 Å². The van der Waals surface area contributed by atoms with Gasteiger partial charge in [-0.1, -0.05) is 0 Å². The molecule has 3 heterocycles. The van der Waals surface area contributed by atoms with Gasteiger partial charge in [-0.25, -0.2) is 0 Å². The van der Waals surface area contributed by atoms with Gasteiger partial charge in [-0.3, -0.25) is 9.78 Å². The standard InChI is InChI=1S/C12H13N3O/c1-15-3-2-10-8(6-15)4-11-12(14-10)5-9(7-16)13-11/h4-5,7,13H,2-3,6H2,1H3. The molecule has 0 unspecified atom stereocenters. The number of carbonyl (C=O) groups excluding carboxylic acids is 1. The highest BCUT2D eigenvalue weighted by Gasteiger charge is 2.15. The van der Waals surface area contributed by atoms with Crippen LogP contribution in [0.4, 0.5) is 0 Å². The van der Waals surface area contributed by atoms with E-state index < -0.39 is 0 Å². The highest BCUT2D eigenvalue weighted by atomic mass is 16.1. The molecule has 16 heavy (non-hydrogen) atoms. The predicted octanol–water partition coefficient (Wildman–Crippen LogP) is 1.36. The van der Waals surface area contributed by atoms with Crippen LogP contribution in [0.2, 0.25) is 0 Å². The maximum atomic E-state index is 10.7. The summed E-state index contributed by atoms with van der Waals surface area (Å²) in [6.45, 7) is 1.99. The van der Waals surface area contributed by atoms with Crippen molar-refractivity contribution in [3.05, 3.63) is 29.1 Å². The molecule has 1 N–H and O–H groups in total. The zero-order valence-electron chi connectivity index (χ0n) is 9.16. The summed E-state index contributed by atoms with van der Waals surface area (Å²) in [6.07, 6.45) is 1.82. The maximum absolute atomic E-state index is 10.7. The predicted molar refractivity (Wildman–Crippen MR) is 61.5 cm³/mol. The molecule has 0 atom stereocenters. The van der Waals surface area contributed by atoms with Crippen LogP contribution in [0, 0.1) is 0 Å². The number of nitrogens with zero attached hydrogens (tertiary/aromatic N) is 2. The second-order valence-electron chi connectivity index (χ2n) is 4.36. The molecular formula is C12H13N3O. The Labute approximate surface area is 93.3 Å². The van der Waals surface area contributed by atoms with Crippen molar-refractivity contribution in [1.29, 1.82) is 0 Å². The number of hydrogen-bond donors (Lipinski definition) is 1. The SMILES string of the molecule is CN1CCc2nc3cc(C=O)[nH]c3cc2C1. The Kier molecular flexibility index (Phi) is 2.04. The fourth-order valence-electron chi connectivity index (χ4n) is 2.24. The van der Waals surface area contributed by atoms with Gasteiger partial charge in [-0.15, -0.1) is 0 Å². The number of aldehydes is 1. The molecule has 4 nitrogen and oxygen atoms in total. The number of carbonyl (C=O) groups is 1. The summed E-state index contributed by atoms with van der Waals surface area (Å²) < 4.78 is 0. The molecule has 2 aromatic rings. The lowest BCUT2D eigenvalue weighted by Crippen LogP contribution is -2.27. The molecule has 0 fully saturated rings. The minimum Gasteiger partial charge on any atom is -0.351 e. The average Bonchev–Trinajstić information content (AvgIpc) is 2.67. The first kappa shape index (κ1) is 9.54. The van der Waals surface area contributed by atoms with E-state index in [0.29, 0.717) is 5.69 Å². The number of aromatic amines is 1. The van der Waals surface area contributed by atoms with Crippen LogP contribution in [-0.2, 0) is 13.0 Å². The Bertz CT molecular complexity index is 559. The number of aromatic nitrogens is 2. The Morgan fingerprint density at radius 1 is 1.50 bits per heavy atom. The van der Waals surface area contributed by atoms with Crippen LogP contribution in [0.5, 0.6) is 0 Å². The van der Waals surface area contributed by atoms with Gasteiger partial charge < -0.3 is 9.88 Å². The minimum absolute atomic E-state index is 0.596. The molecule has 0 spiro atoms. The summed E-state index contributed by atoms with van der Waals surface area (Å²) in [5.74, 6) is 0. The third kappa shape index (κ3) is 1.42. The van der Waals surface area contributed by atoms with Gasteiger partial charge >= 0.3 is 0 Å². The summed E-state index contributed by atoms with van der Waals surface area (Å²) >= 11 is 0. The van der Waals surface area contributed by atoms with Crippen LogP contribution in [0.15, 0.2) is 12.1 Å². The van der Waals surface area contributed by atoms with Crippen molar-refractivity contribution in [1.82, 2.24) is 14.9 Å². The maximum Gasteiger partial charge on any atom is 0.166 e. The Morgan fingerprint density at radius 2 is 2.38 bits per heavy atom. The third-order valence-corrected chi connectivity index (χ3v) is 3.09. The number of likely N-dealkylation sites (N-methyl/N-ethyl adjacent to an activating group) is 1. The van der Waals surface area contributed by atoms with Crippen molar-refractivity contribution in [2.75, 3.05) is 13.6 Å². The van der Waals surface area contributed by atoms with Crippen LogP contribution in [-0.4, -0.2) is 34.7 Å². The van der Waals surface area contributed by atoms with Crippen molar-refractivity contribution in [3.63, 3.8) is 0 Å². The first-order valence-electron chi connectivity index (χ1n) is 5.41. The first-order valence-corrected chi connectivity index (χ1v) is 5.41. The zero-order valence-corrected chi connectivity index (χ0v) is 9.16. The van der Waals surface area contributed by atoms with E-state index in [1.165, 1.54) is 11.3 Å². The fourth-order valence-corrected chi connectivity index (χ4v) is 2.24. The Morgan fingerprint density at radius 3 is 3.19 bits per heavy atom. The van der Waals surface area contributed by atoms with Gasteiger partial charge in [0.15, 0.2) is 6.29 Å². The van der Waals surface area contributed by atoms with E-state index in [2.05, 4.69) is 28.0 Å². The molecule has 2 aromatic heterocycles. The van der Waals surface area contributed by atoms with E-state index in [1.54, 1.807) is 6.07 Å². The van der Waals surface area contributed by atoms with Gasteiger partial charge in [-0.2, -0.15) is 0 Å². The van der Waals surface area contributed by atoms with Crippen LogP contribution in [0.3, 0.4) is 0 Å². The molecule has 1 aliphatic rings. The Balaban J connectivity index is 2.17. The molecule has 0 aromatic carbocycles. The summed E-state index contributed by atoms with van der Waals surface area (Å²) in [7, 11) is 2.11. The first-order chi connectivity index (χ1) is 7.76. The molecule has 82 valence electrons. The second-order valence-corrected chi connectivity index (χ2v) is 4.36. The molecule has 0 saturated heterocycles. The molecule has 0 bridgehead atoms. The number of rotatable bonds is 1.